The maximum atomic E-state index is 5.69. The summed E-state index contributed by atoms with van der Waals surface area (Å²) in [5.74, 6) is 0.911. The summed E-state index contributed by atoms with van der Waals surface area (Å²) in [4.78, 5) is 2.19. The number of aromatic nitrogens is 2. The number of nitrogens with two attached hydrogens (primary N) is 1. The van der Waals surface area contributed by atoms with Crippen LogP contribution in [0.4, 0.5) is 11.5 Å². The summed E-state index contributed by atoms with van der Waals surface area (Å²) >= 11 is 0. The number of hydrogen-bond acceptors (Lipinski definition) is 4. The second kappa shape index (κ2) is 5.49. The SMILES string of the molecule is CCN(Cc1ccc(N)cc1)c1cc(C)cnn1. The summed E-state index contributed by atoms with van der Waals surface area (Å²) in [6, 6.07) is 9.98. The molecule has 0 saturated carbocycles. The van der Waals surface area contributed by atoms with Crippen molar-refractivity contribution < 1.29 is 0 Å². The van der Waals surface area contributed by atoms with Crippen LogP contribution >= 0.6 is 0 Å². The topological polar surface area (TPSA) is 55.0 Å². The smallest absolute Gasteiger partial charge is 0.151 e. The predicted octanol–water partition coefficient (Wildman–Crippen LogP) is 2.39. The molecule has 0 atom stereocenters. The van der Waals surface area contributed by atoms with Crippen LogP contribution < -0.4 is 10.6 Å². The molecule has 0 aliphatic heterocycles. The van der Waals surface area contributed by atoms with Crippen molar-refractivity contribution in [3.8, 4) is 0 Å². The highest BCUT2D eigenvalue weighted by molar-refractivity contribution is 5.43. The van der Waals surface area contributed by atoms with Gasteiger partial charge in [0.1, 0.15) is 0 Å². The van der Waals surface area contributed by atoms with Crippen molar-refractivity contribution in [2.45, 2.75) is 20.4 Å². The molecule has 1 heterocycles. The number of anilines is 2. The monoisotopic (exact) mass is 242 g/mol. The first kappa shape index (κ1) is 12.4. The van der Waals surface area contributed by atoms with E-state index in [0.717, 1.165) is 30.2 Å². The molecule has 2 N–H and O–H groups in total. The molecular formula is C14H18N4. The number of aryl methyl sites for hydroxylation is 1. The fourth-order valence-corrected chi connectivity index (χ4v) is 1.80. The van der Waals surface area contributed by atoms with Gasteiger partial charge in [0.2, 0.25) is 0 Å². The maximum absolute atomic E-state index is 5.69. The molecule has 0 saturated heterocycles. The molecule has 94 valence electrons. The van der Waals surface area contributed by atoms with Crippen LogP contribution in [0.3, 0.4) is 0 Å². The van der Waals surface area contributed by atoms with E-state index in [2.05, 4.69) is 22.0 Å². The van der Waals surface area contributed by atoms with Gasteiger partial charge in [-0.2, -0.15) is 5.10 Å². The van der Waals surface area contributed by atoms with Crippen molar-refractivity contribution in [3.63, 3.8) is 0 Å². The first-order valence-corrected chi connectivity index (χ1v) is 6.07. The van der Waals surface area contributed by atoms with E-state index in [9.17, 15) is 0 Å². The minimum Gasteiger partial charge on any atom is -0.399 e. The Morgan fingerprint density at radius 2 is 1.94 bits per heavy atom. The summed E-state index contributed by atoms with van der Waals surface area (Å²) in [5, 5.41) is 8.17. The molecule has 0 unspecified atom stereocenters. The predicted molar refractivity (Wildman–Crippen MR) is 74.3 cm³/mol. The van der Waals surface area contributed by atoms with Gasteiger partial charge in [0, 0.05) is 18.8 Å². The van der Waals surface area contributed by atoms with Crippen LogP contribution in [0.15, 0.2) is 36.5 Å². The fourth-order valence-electron chi connectivity index (χ4n) is 1.80. The van der Waals surface area contributed by atoms with E-state index < -0.39 is 0 Å². The van der Waals surface area contributed by atoms with Gasteiger partial charge in [-0.1, -0.05) is 12.1 Å². The van der Waals surface area contributed by atoms with Crippen LogP contribution in [0.2, 0.25) is 0 Å². The Labute approximate surface area is 107 Å². The molecule has 0 fully saturated rings. The lowest BCUT2D eigenvalue weighted by molar-refractivity contribution is 0.794. The Morgan fingerprint density at radius 1 is 1.22 bits per heavy atom. The summed E-state index contributed by atoms with van der Waals surface area (Å²) in [6.45, 7) is 5.84. The molecule has 4 nitrogen and oxygen atoms in total. The zero-order valence-electron chi connectivity index (χ0n) is 10.8. The third-order valence-corrected chi connectivity index (χ3v) is 2.84. The molecule has 2 aromatic rings. The number of benzene rings is 1. The van der Waals surface area contributed by atoms with Gasteiger partial charge in [-0.05, 0) is 43.2 Å². The van der Waals surface area contributed by atoms with E-state index in [1.165, 1.54) is 5.56 Å². The molecular weight excluding hydrogens is 224 g/mol. The van der Waals surface area contributed by atoms with Crippen LogP contribution in [0.25, 0.3) is 0 Å². The normalized spacial score (nSPS) is 10.3. The van der Waals surface area contributed by atoms with E-state index in [-0.39, 0.29) is 0 Å². The molecule has 0 bridgehead atoms. The molecule has 2 rings (SSSR count). The third kappa shape index (κ3) is 2.97. The summed E-state index contributed by atoms with van der Waals surface area (Å²) in [5.41, 5.74) is 8.81. The Morgan fingerprint density at radius 3 is 2.56 bits per heavy atom. The average Bonchev–Trinajstić information content (AvgIpc) is 2.38. The molecule has 0 radical (unpaired) electrons. The van der Waals surface area contributed by atoms with Gasteiger partial charge in [0.05, 0.1) is 6.20 Å². The standard InChI is InChI=1S/C14H18N4/c1-3-18(14-8-11(2)9-16-17-14)10-12-4-6-13(15)7-5-12/h4-9H,3,10,15H2,1-2H3. The molecule has 1 aromatic heterocycles. The first-order valence-electron chi connectivity index (χ1n) is 6.07. The molecule has 0 aliphatic carbocycles. The first-order chi connectivity index (χ1) is 8.69. The number of rotatable bonds is 4. The second-order valence-corrected chi connectivity index (χ2v) is 4.35. The van der Waals surface area contributed by atoms with Gasteiger partial charge in [0.15, 0.2) is 5.82 Å². The van der Waals surface area contributed by atoms with Gasteiger partial charge >= 0.3 is 0 Å². The molecule has 18 heavy (non-hydrogen) atoms. The highest BCUT2D eigenvalue weighted by atomic mass is 15.2. The van der Waals surface area contributed by atoms with Crippen LogP contribution in [0, 0.1) is 6.92 Å². The lowest BCUT2D eigenvalue weighted by Crippen LogP contribution is -2.23. The van der Waals surface area contributed by atoms with Gasteiger partial charge in [-0.3, -0.25) is 0 Å². The lowest BCUT2D eigenvalue weighted by Gasteiger charge is -2.21. The van der Waals surface area contributed by atoms with Crippen molar-refractivity contribution in [1.82, 2.24) is 10.2 Å². The Hall–Kier alpha value is -2.10. The van der Waals surface area contributed by atoms with Crippen LogP contribution in [0.5, 0.6) is 0 Å². The largest absolute Gasteiger partial charge is 0.399 e. The summed E-state index contributed by atoms with van der Waals surface area (Å²) < 4.78 is 0. The van der Waals surface area contributed by atoms with Crippen LogP contribution in [0.1, 0.15) is 18.1 Å². The lowest BCUT2D eigenvalue weighted by atomic mass is 10.2. The minimum atomic E-state index is 0.789. The van der Waals surface area contributed by atoms with E-state index in [0.29, 0.717) is 0 Å². The average molecular weight is 242 g/mol. The van der Waals surface area contributed by atoms with Crippen molar-refractivity contribution in [2.24, 2.45) is 0 Å². The second-order valence-electron chi connectivity index (χ2n) is 4.35. The Balaban J connectivity index is 2.17. The molecule has 4 heteroatoms. The molecule has 0 aliphatic rings. The zero-order valence-corrected chi connectivity index (χ0v) is 10.8. The summed E-state index contributed by atoms with van der Waals surface area (Å²) in [6.07, 6.45) is 1.76. The quantitative estimate of drug-likeness (QED) is 0.836. The van der Waals surface area contributed by atoms with E-state index in [4.69, 9.17) is 5.73 Å². The van der Waals surface area contributed by atoms with Crippen LogP contribution in [-0.2, 0) is 6.54 Å². The highest BCUT2D eigenvalue weighted by Gasteiger charge is 2.07. The zero-order chi connectivity index (χ0) is 13.0. The van der Waals surface area contributed by atoms with E-state index in [1.807, 2.05) is 37.3 Å². The third-order valence-electron chi connectivity index (χ3n) is 2.84. The van der Waals surface area contributed by atoms with E-state index >= 15 is 0 Å². The van der Waals surface area contributed by atoms with Crippen molar-refractivity contribution >= 4 is 11.5 Å². The Kier molecular flexibility index (Phi) is 3.77. The number of hydrogen-bond donors (Lipinski definition) is 1. The van der Waals surface area contributed by atoms with Gasteiger partial charge in [-0.15, -0.1) is 5.10 Å². The van der Waals surface area contributed by atoms with Crippen LogP contribution in [-0.4, -0.2) is 16.7 Å². The molecule has 0 spiro atoms. The fraction of sp³-hybridized carbons (Fsp3) is 0.286. The van der Waals surface area contributed by atoms with Gasteiger partial charge < -0.3 is 10.6 Å². The van der Waals surface area contributed by atoms with Crippen molar-refractivity contribution in [3.05, 3.63) is 47.7 Å². The minimum absolute atomic E-state index is 0.789. The number of nitrogen functional groups attached to an aromatic ring is 1. The molecule has 1 aromatic carbocycles. The maximum Gasteiger partial charge on any atom is 0.151 e. The van der Waals surface area contributed by atoms with Gasteiger partial charge in [-0.25, -0.2) is 0 Å². The highest BCUT2D eigenvalue weighted by Crippen LogP contribution is 2.15. The van der Waals surface area contributed by atoms with Gasteiger partial charge in [0.25, 0.3) is 0 Å². The van der Waals surface area contributed by atoms with E-state index in [1.54, 1.807) is 6.20 Å². The van der Waals surface area contributed by atoms with Crippen molar-refractivity contribution in [2.75, 3.05) is 17.2 Å². The Bertz CT molecular complexity index is 507. The van der Waals surface area contributed by atoms with Crippen molar-refractivity contribution in [1.29, 1.82) is 0 Å². The summed E-state index contributed by atoms with van der Waals surface area (Å²) in [7, 11) is 0. The number of nitrogens with zero attached hydrogens (tertiary/aromatic N) is 3. The molecule has 0 amide bonds.